The molecule has 0 atom stereocenters. The topological polar surface area (TPSA) is 127 Å². The maximum atomic E-state index is 12.3. The van der Waals surface area contributed by atoms with E-state index in [4.69, 9.17) is 15.6 Å². The van der Waals surface area contributed by atoms with Gasteiger partial charge in [0.25, 0.3) is 0 Å². The van der Waals surface area contributed by atoms with Crippen LogP contribution in [0, 0.1) is 0 Å². The molecule has 0 amide bonds. The quantitative estimate of drug-likeness (QED) is 0.440. The number of nitrogens with zero attached hydrogens (tertiary/aromatic N) is 2. The zero-order valence-corrected chi connectivity index (χ0v) is 15.0. The molecule has 0 aliphatic rings. The summed E-state index contributed by atoms with van der Waals surface area (Å²) in [5.74, 6) is -1.08. The van der Waals surface area contributed by atoms with E-state index in [-0.39, 0.29) is 23.6 Å². The van der Waals surface area contributed by atoms with E-state index in [0.29, 0.717) is 22.8 Å². The molecule has 0 fully saturated rings. The lowest BCUT2D eigenvalue weighted by Gasteiger charge is -2.12. The number of nitrogens with two attached hydrogens (primary N) is 1. The minimum absolute atomic E-state index is 0.104. The fourth-order valence-corrected chi connectivity index (χ4v) is 2.52. The first kappa shape index (κ1) is 18.8. The number of carboxylic acid groups (broad SMARTS) is 1. The molecular formula is C20H18N4O4. The van der Waals surface area contributed by atoms with Crippen LogP contribution in [0.1, 0.15) is 27.6 Å². The number of aromatic carboxylic acids is 1. The lowest BCUT2D eigenvalue weighted by atomic mass is 10.1. The van der Waals surface area contributed by atoms with E-state index in [1.54, 1.807) is 43.3 Å². The van der Waals surface area contributed by atoms with Crippen molar-refractivity contribution < 1.29 is 19.4 Å². The first-order valence-corrected chi connectivity index (χ1v) is 8.48. The van der Waals surface area contributed by atoms with Crippen LogP contribution in [0.15, 0.2) is 54.7 Å². The first-order valence-electron chi connectivity index (χ1n) is 8.48. The summed E-state index contributed by atoms with van der Waals surface area (Å²) in [5, 5.41) is 12.2. The van der Waals surface area contributed by atoms with Gasteiger partial charge >= 0.3 is 11.9 Å². The molecule has 3 aromatic rings. The van der Waals surface area contributed by atoms with Crippen LogP contribution in [-0.4, -0.2) is 33.6 Å². The second-order valence-electron chi connectivity index (χ2n) is 5.81. The summed E-state index contributed by atoms with van der Waals surface area (Å²) in [6.45, 7) is 1.90. The normalized spacial score (nSPS) is 10.3. The number of carbonyl (C=O) groups is 2. The third-order valence-electron chi connectivity index (χ3n) is 3.80. The number of esters is 1. The Hall–Kier alpha value is -3.94. The molecule has 8 nitrogen and oxygen atoms in total. The SMILES string of the molecule is CCOC(=O)c1cnc(-c2cccc(N)c2)nc1Nc1cccc(C(=O)O)c1. The molecular weight excluding hydrogens is 360 g/mol. The van der Waals surface area contributed by atoms with Gasteiger partial charge in [-0.05, 0) is 37.3 Å². The van der Waals surface area contributed by atoms with E-state index in [2.05, 4.69) is 15.3 Å². The van der Waals surface area contributed by atoms with E-state index in [1.807, 2.05) is 0 Å². The fraction of sp³-hybridized carbons (Fsp3) is 0.100. The van der Waals surface area contributed by atoms with Crippen molar-refractivity contribution in [3.05, 3.63) is 65.9 Å². The minimum atomic E-state index is -1.06. The number of hydrogen-bond donors (Lipinski definition) is 3. The zero-order valence-electron chi connectivity index (χ0n) is 15.0. The Kier molecular flexibility index (Phi) is 5.50. The van der Waals surface area contributed by atoms with Crippen LogP contribution in [-0.2, 0) is 4.74 Å². The molecule has 0 saturated heterocycles. The number of benzene rings is 2. The van der Waals surface area contributed by atoms with Crippen molar-refractivity contribution >= 4 is 29.1 Å². The predicted octanol–water partition coefficient (Wildman–Crippen LogP) is 3.34. The van der Waals surface area contributed by atoms with Crippen LogP contribution < -0.4 is 11.1 Å². The number of carbonyl (C=O) groups excluding carboxylic acids is 1. The highest BCUT2D eigenvalue weighted by Gasteiger charge is 2.17. The molecule has 0 aliphatic heterocycles. The third-order valence-corrected chi connectivity index (χ3v) is 3.80. The lowest BCUT2D eigenvalue weighted by molar-refractivity contribution is 0.0526. The van der Waals surface area contributed by atoms with Gasteiger partial charge in [-0.2, -0.15) is 0 Å². The number of nitrogen functional groups attached to an aromatic ring is 1. The number of aromatic nitrogens is 2. The van der Waals surface area contributed by atoms with Gasteiger partial charge in [-0.25, -0.2) is 19.6 Å². The van der Waals surface area contributed by atoms with E-state index in [9.17, 15) is 9.59 Å². The second-order valence-corrected chi connectivity index (χ2v) is 5.81. The van der Waals surface area contributed by atoms with Gasteiger partial charge in [0.15, 0.2) is 5.82 Å². The van der Waals surface area contributed by atoms with E-state index < -0.39 is 11.9 Å². The number of carboxylic acids is 1. The van der Waals surface area contributed by atoms with Crippen LogP contribution in [0.5, 0.6) is 0 Å². The molecule has 4 N–H and O–H groups in total. The molecule has 2 aromatic carbocycles. The van der Waals surface area contributed by atoms with Crippen molar-refractivity contribution in [3.63, 3.8) is 0 Å². The number of rotatable bonds is 6. The van der Waals surface area contributed by atoms with E-state index in [0.717, 1.165) is 0 Å². The van der Waals surface area contributed by atoms with Gasteiger partial charge in [0.2, 0.25) is 0 Å². The predicted molar refractivity (Wildman–Crippen MR) is 105 cm³/mol. The summed E-state index contributed by atoms with van der Waals surface area (Å²) in [6.07, 6.45) is 1.37. The lowest BCUT2D eigenvalue weighted by Crippen LogP contribution is -2.11. The maximum Gasteiger partial charge on any atom is 0.343 e. The molecule has 28 heavy (non-hydrogen) atoms. The molecule has 0 bridgehead atoms. The Morgan fingerprint density at radius 3 is 2.68 bits per heavy atom. The van der Waals surface area contributed by atoms with Gasteiger partial charge in [-0.3, -0.25) is 0 Å². The summed E-state index contributed by atoms with van der Waals surface area (Å²) >= 11 is 0. The molecule has 0 unspecified atom stereocenters. The van der Waals surface area contributed by atoms with Crippen molar-refractivity contribution in [1.82, 2.24) is 9.97 Å². The van der Waals surface area contributed by atoms with Crippen LogP contribution in [0.3, 0.4) is 0 Å². The van der Waals surface area contributed by atoms with Gasteiger partial charge in [0, 0.05) is 23.1 Å². The molecule has 0 saturated carbocycles. The minimum Gasteiger partial charge on any atom is -0.478 e. The third kappa shape index (κ3) is 4.24. The van der Waals surface area contributed by atoms with Crippen LogP contribution in [0.4, 0.5) is 17.2 Å². The Balaban J connectivity index is 2.04. The Labute approximate surface area is 161 Å². The first-order chi connectivity index (χ1) is 13.5. The average Bonchev–Trinajstić information content (AvgIpc) is 2.68. The summed E-state index contributed by atoms with van der Waals surface area (Å²) in [6, 6.07) is 13.2. The van der Waals surface area contributed by atoms with Crippen molar-refractivity contribution in [2.75, 3.05) is 17.7 Å². The molecule has 8 heteroatoms. The van der Waals surface area contributed by atoms with Crippen molar-refractivity contribution in [2.24, 2.45) is 0 Å². The highest BCUT2D eigenvalue weighted by molar-refractivity contribution is 5.96. The van der Waals surface area contributed by atoms with Crippen LogP contribution >= 0.6 is 0 Å². The van der Waals surface area contributed by atoms with Crippen molar-refractivity contribution in [2.45, 2.75) is 6.92 Å². The Bertz CT molecular complexity index is 1040. The smallest absolute Gasteiger partial charge is 0.343 e. The summed E-state index contributed by atoms with van der Waals surface area (Å²) in [7, 11) is 0. The van der Waals surface area contributed by atoms with Gasteiger partial charge < -0.3 is 20.9 Å². The van der Waals surface area contributed by atoms with Gasteiger partial charge in [0.05, 0.1) is 12.2 Å². The molecule has 0 aliphatic carbocycles. The molecule has 1 heterocycles. The van der Waals surface area contributed by atoms with Crippen LogP contribution in [0.25, 0.3) is 11.4 Å². The summed E-state index contributed by atoms with van der Waals surface area (Å²) in [5.41, 5.74) is 7.75. The van der Waals surface area contributed by atoms with Gasteiger partial charge in [-0.1, -0.05) is 18.2 Å². The molecule has 0 spiro atoms. The second kappa shape index (κ2) is 8.17. The van der Waals surface area contributed by atoms with E-state index in [1.165, 1.54) is 18.3 Å². The number of ether oxygens (including phenoxy) is 1. The standard InChI is InChI=1S/C20H18N4O4/c1-2-28-20(27)16-11-22-17(12-5-3-7-14(21)9-12)24-18(16)23-15-8-4-6-13(10-15)19(25)26/h3-11H,2,21H2,1H3,(H,25,26)(H,22,23,24). The molecule has 3 rings (SSSR count). The monoisotopic (exact) mass is 378 g/mol. The largest absolute Gasteiger partial charge is 0.478 e. The number of hydrogen-bond acceptors (Lipinski definition) is 7. The summed E-state index contributed by atoms with van der Waals surface area (Å²) in [4.78, 5) is 32.1. The van der Waals surface area contributed by atoms with Crippen molar-refractivity contribution in [3.8, 4) is 11.4 Å². The Morgan fingerprint density at radius 1 is 1.18 bits per heavy atom. The molecule has 0 radical (unpaired) electrons. The summed E-state index contributed by atoms with van der Waals surface area (Å²) < 4.78 is 5.06. The average molecular weight is 378 g/mol. The zero-order chi connectivity index (χ0) is 20.1. The number of nitrogens with one attached hydrogen (secondary N) is 1. The van der Waals surface area contributed by atoms with Gasteiger partial charge in [0.1, 0.15) is 11.4 Å². The van der Waals surface area contributed by atoms with E-state index >= 15 is 0 Å². The highest BCUT2D eigenvalue weighted by atomic mass is 16.5. The molecule has 1 aromatic heterocycles. The van der Waals surface area contributed by atoms with Crippen LogP contribution in [0.2, 0.25) is 0 Å². The maximum absolute atomic E-state index is 12.3. The fourth-order valence-electron chi connectivity index (χ4n) is 2.52. The highest BCUT2D eigenvalue weighted by Crippen LogP contribution is 2.24. The van der Waals surface area contributed by atoms with Gasteiger partial charge in [-0.15, -0.1) is 0 Å². The van der Waals surface area contributed by atoms with Crippen molar-refractivity contribution in [1.29, 1.82) is 0 Å². The number of anilines is 3. The Morgan fingerprint density at radius 2 is 1.96 bits per heavy atom. The molecule has 142 valence electrons.